The second kappa shape index (κ2) is 7.56. The van der Waals surface area contributed by atoms with Gasteiger partial charge in [-0.05, 0) is 6.07 Å². The molecule has 1 aromatic rings. The average molecular weight is 343 g/mol. The Balaban J connectivity index is 0.00000220. The summed E-state index contributed by atoms with van der Waals surface area (Å²) in [5.74, 6) is -3.72. The number of nitrogens with one attached hydrogen (secondary N) is 1. The van der Waals surface area contributed by atoms with Gasteiger partial charge in [-0.1, -0.05) is 23.7 Å². The van der Waals surface area contributed by atoms with E-state index in [1.165, 1.54) is 18.2 Å². The molecule has 8 heteroatoms. The Hall–Kier alpha value is -0.660. The molecule has 1 aliphatic rings. The molecular weight excluding hydrogens is 325 g/mol. The van der Waals surface area contributed by atoms with Crippen LogP contribution in [0.25, 0.3) is 0 Å². The molecule has 1 aliphatic heterocycles. The molecule has 0 aliphatic carbocycles. The predicted molar refractivity (Wildman–Crippen MR) is 79.6 cm³/mol. The van der Waals surface area contributed by atoms with Crippen molar-refractivity contribution >= 4 is 24.0 Å². The van der Waals surface area contributed by atoms with E-state index in [-0.39, 0.29) is 28.7 Å². The van der Waals surface area contributed by atoms with Gasteiger partial charge in [0.05, 0.1) is 5.02 Å². The predicted octanol–water partition coefficient (Wildman–Crippen LogP) is 2.04. The summed E-state index contributed by atoms with van der Waals surface area (Å²) in [5.41, 5.74) is 0.0402. The van der Waals surface area contributed by atoms with E-state index in [0.29, 0.717) is 26.2 Å². The molecule has 1 aromatic carbocycles. The van der Waals surface area contributed by atoms with Crippen LogP contribution in [0.15, 0.2) is 18.2 Å². The van der Waals surface area contributed by atoms with Crippen LogP contribution in [0.5, 0.6) is 5.75 Å². The van der Waals surface area contributed by atoms with Crippen LogP contribution >= 0.6 is 24.0 Å². The number of hydrogen-bond acceptors (Lipinski definition) is 4. The standard InChI is InChI=1S/C13H17ClF2N2O2.ClH/c14-10-3-1-2-9(11(10)20)12(13(15,16)8-19)18-6-4-17-5-7-18;/h1-3,12,17,19-20H,4-8H2;1H/t12-;/m1./s1. The first kappa shape index (κ1) is 18.4. The zero-order valence-electron chi connectivity index (χ0n) is 11.2. The number of aliphatic hydroxyl groups excluding tert-OH is 1. The highest BCUT2D eigenvalue weighted by Crippen LogP contribution is 2.42. The number of hydrogen-bond donors (Lipinski definition) is 3. The van der Waals surface area contributed by atoms with Gasteiger partial charge in [0.1, 0.15) is 18.4 Å². The molecule has 1 heterocycles. The highest BCUT2D eigenvalue weighted by atomic mass is 35.5. The molecule has 0 bridgehead atoms. The van der Waals surface area contributed by atoms with Gasteiger partial charge in [0.15, 0.2) is 0 Å². The highest BCUT2D eigenvalue weighted by molar-refractivity contribution is 6.32. The van der Waals surface area contributed by atoms with Gasteiger partial charge in [-0.2, -0.15) is 0 Å². The average Bonchev–Trinajstić information content (AvgIpc) is 2.45. The van der Waals surface area contributed by atoms with E-state index in [2.05, 4.69) is 5.32 Å². The van der Waals surface area contributed by atoms with E-state index in [4.69, 9.17) is 16.7 Å². The third-order valence-electron chi connectivity index (χ3n) is 3.44. The van der Waals surface area contributed by atoms with Crippen LogP contribution in [-0.4, -0.2) is 53.8 Å². The quantitative estimate of drug-likeness (QED) is 0.783. The molecule has 1 saturated heterocycles. The maximum atomic E-state index is 14.1. The summed E-state index contributed by atoms with van der Waals surface area (Å²) in [5, 5.41) is 22.1. The molecule has 0 saturated carbocycles. The summed E-state index contributed by atoms with van der Waals surface area (Å²) in [7, 11) is 0. The molecule has 120 valence electrons. The van der Waals surface area contributed by atoms with Gasteiger partial charge >= 0.3 is 0 Å². The molecule has 4 nitrogen and oxygen atoms in total. The lowest BCUT2D eigenvalue weighted by molar-refractivity contribution is -0.119. The van der Waals surface area contributed by atoms with Crippen molar-refractivity contribution in [3.05, 3.63) is 28.8 Å². The first-order chi connectivity index (χ1) is 9.47. The Morgan fingerprint density at radius 3 is 2.52 bits per heavy atom. The fourth-order valence-electron chi connectivity index (χ4n) is 2.47. The minimum Gasteiger partial charge on any atom is -0.506 e. The minimum atomic E-state index is -3.36. The number of aliphatic hydroxyl groups is 1. The summed E-state index contributed by atoms with van der Waals surface area (Å²) in [4.78, 5) is 1.55. The van der Waals surface area contributed by atoms with Crippen molar-refractivity contribution < 1.29 is 19.0 Å². The summed E-state index contributed by atoms with van der Waals surface area (Å²) in [6.07, 6.45) is 0. The number of nitrogens with zero attached hydrogens (tertiary/aromatic N) is 1. The van der Waals surface area contributed by atoms with Gasteiger partial charge < -0.3 is 15.5 Å². The number of phenols is 1. The topological polar surface area (TPSA) is 55.7 Å². The Kier molecular flexibility index (Phi) is 6.62. The van der Waals surface area contributed by atoms with Gasteiger partial charge in [-0.3, -0.25) is 4.90 Å². The third-order valence-corrected chi connectivity index (χ3v) is 3.75. The SMILES string of the molecule is Cl.OCC(F)(F)[C@@H](c1cccc(Cl)c1O)N1CCNCC1. The molecule has 1 atom stereocenters. The van der Waals surface area contributed by atoms with Gasteiger partial charge in [-0.25, -0.2) is 8.78 Å². The van der Waals surface area contributed by atoms with Crippen molar-refractivity contribution in [3.8, 4) is 5.75 Å². The lowest BCUT2D eigenvalue weighted by atomic mass is 9.97. The zero-order chi connectivity index (χ0) is 14.8. The Morgan fingerprint density at radius 1 is 1.33 bits per heavy atom. The van der Waals surface area contributed by atoms with E-state index >= 15 is 0 Å². The van der Waals surface area contributed by atoms with Crippen molar-refractivity contribution in [2.24, 2.45) is 0 Å². The number of benzene rings is 1. The van der Waals surface area contributed by atoms with Crippen LogP contribution in [0.3, 0.4) is 0 Å². The number of rotatable bonds is 4. The second-order valence-electron chi connectivity index (χ2n) is 4.79. The van der Waals surface area contributed by atoms with Gasteiger partial charge in [0, 0.05) is 31.7 Å². The molecule has 3 N–H and O–H groups in total. The summed E-state index contributed by atoms with van der Waals surface area (Å²) in [6.45, 7) is 0.699. The highest BCUT2D eigenvalue weighted by Gasteiger charge is 2.45. The number of phenolic OH excluding ortho intramolecular Hbond substituents is 1. The maximum Gasteiger partial charge on any atom is 0.290 e. The monoisotopic (exact) mass is 342 g/mol. The van der Waals surface area contributed by atoms with Crippen molar-refractivity contribution in [1.29, 1.82) is 0 Å². The van der Waals surface area contributed by atoms with Crippen LogP contribution < -0.4 is 5.32 Å². The summed E-state index contributed by atoms with van der Waals surface area (Å²) < 4.78 is 28.3. The van der Waals surface area contributed by atoms with Crippen LogP contribution in [-0.2, 0) is 0 Å². The Bertz CT molecular complexity index is 471. The number of halogens is 4. The minimum absolute atomic E-state index is 0. The number of aromatic hydroxyl groups is 1. The van der Waals surface area contributed by atoms with E-state index in [9.17, 15) is 13.9 Å². The Labute approximate surface area is 133 Å². The molecule has 0 amide bonds. The van der Waals surface area contributed by atoms with E-state index in [0.717, 1.165) is 0 Å². The van der Waals surface area contributed by atoms with Crippen LogP contribution in [0.2, 0.25) is 5.02 Å². The molecule has 21 heavy (non-hydrogen) atoms. The molecule has 1 fully saturated rings. The van der Waals surface area contributed by atoms with Crippen LogP contribution in [0.4, 0.5) is 8.78 Å². The first-order valence-corrected chi connectivity index (χ1v) is 6.76. The van der Waals surface area contributed by atoms with Gasteiger partial charge in [-0.15, -0.1) is 12.4 Å². The van der Waals surface area contributed by atoms with E-state index in [1.807, 2.05) is 0 Å². The maximum absolute atomic E-state index is 14.1. The lowest BCUT2D eigenvalue weighted by Crippen LogP contribution is -2.51. The Morgan fingerprint density at radius 2 is 1.95 bits per heavy atom. The molecule has 2 rings (SSSR count). The zero-order valence-corrected chi connectivity index (χ0v) is 12.8. The normalized spacial score (nSPS) is 18.1. The van der Waals surface area contributed by atoms with Crippen LogP contribution in [0.1, 0.15) is 11.6 Å². The summed E-state index contributed by atoms with van der Waals surface area (Å²) in [6, 6.07) is 2.97. The molecular formula is C13H18Cl2F2N2O2. The van der Waals surface area contributed by atoms with Gasteiger partial charge in [0.2, 0.25) is 0 Å². The van der Waals surface area contributed by atoms with Crippen molar-refractivity contribution in [3.63, 3.8) is 0 Å². The number of piperazine rings is 1. The van der Waals surface area contributed by atoms with Crippen molar-refractivity contribution in [1.82, 2.24) is 10.2 Å². The van der Waals surface area contributed by atoms with E-state index in [1.54, 1.807) is 4.90 Å². The van der Waals surface area contributed by atoms with Gasteiger partial charge in [0.25, 0.3) is 5.92 Å². The molecule has 0 spiro atoms. The van der Waals surface area contributed by atoms with E-state index < -0.39 is 18.6 Å². The molecule has 0 unspecified atom stereocenters. The second-order valence-corrected chi connectivity index (χ2v) is 5.19. The largest absolute Gasteiger partial charge is 0.506 e. The number of alkyl halides is 2. The lowest BCUT2D eigenvalue weighted by Gasteiger charge is -2.39. The van der Waals surface area contributed by atoms with Crippen molar-refractivity contribution in [2.75, 3.05) is 32.8 Å². The first-order valence-electron chi connectivity index (χ1n) is 6.38. The third kappa shape index (κ3) is 3.96. The van der Waals surface area contributed by atoms with Crippen molar-refractivity contribution in [2.45, 2.75) is 12.0 Å². The summed E-state index contributed by atoms with van der Waals surface area (Å²) >= 11 is 5.80. The fourth-order valence-corrected chi connectivity index (χ4v) is 2.65. The molecule has 0 radical (unpaired) electrons. The number of para-hydroxylation sites is 1. The molecule has 0 aromatic heterocycles. The van der Waals surface area contributed by atoms with Crippen LogP contribution in [0, 0.1) is 0 Å². The fraction of sp³-hybridized carbons (Fsp3) is 0.538. The smallest absolute Gasteiger partial charge is 0.290 e.